The molecule has 0 saturated carbocycles. The predicted octanol–water partition coefficient (Wildman–Crippen LogP) is -4.26. The number of nitrogens with two attached hydrogens (primary N) is 3. The number of aryl methyl sites for hydroxylation is 1. The van der Waals surface area contributed by atoms with Crippen molar-refractivity contribution >= 4 is 147 Å². The Balaban J connectivity index is 1.64. The van der Waals surface area contributed by atoms with Crippen molar-refractivity contribution in [2.24, 2.45) is 11.7 Å². The second kappa shape index (κ2) is 50.3. The Hall–Kier alpha value is -14.2. The number of anilines is 2. The minimum Gasteiger partial charge on any atom is -0.481 e. The first-order valence-electron chi connectivity index (χ1n) is 40.0. The summed E-state index contributed by atoms with van der Waals surface area (Å²) < 4.78 is 5.72. The van der Waals surface area contributed by atoms with Gasteiger partial charge in [-0.1, -0.05) is 94.8 Å². The third-order valence-electron chi connectivity index (χ3n) is 19.7. The summed E-state index contributed by atoms with van der Waals surface area (Å²) in [6.45, 7) is 2.45. The number of carbonyl (C=O) groups excluding carboxylic acids is 17. The van der Waals surface area contributed by atoms with Crippen molar-refractivity contribution in [2.75, 3.05) is 37.7 Å². The van der Waals surface area contributed by atoms with E-state index >= 15 is 0 Å². The van der Waals surface area contributed by atoms with Crippen molar-refractivity contribution in [3.8, 4) is 0 Å². The highest BCUT2D eigenvalue weighted by molar-refractivity contribution is 6.06. The van der Waals surface area contributed by atoms with Crippen molar-refractivity contribution in [1.82, 2.24) is 79.4 Å². The molecular formula is C80H108N18O27. The first-order valence-corrected chi connectivity index (χ1v) is 40.0. The zero-order chi connectivity index (χ0) is 92.9. The number of Topliss-reactive ketones (excluding diaryl/α,β-unsaturated/α-hetero) is 1. The number of carboxylic acid groups (broad SMARTS) is 4. The predicted molar refractivity (Wildman–Crippen MR) is 439 cm³/mol. The van der Waals surface area contributed by atoms with E-state index in [9.17, 15) is 126 Å². The molecule has 1 aliphatic heterocycles. The van der Waals surface area contributed by atoms with E-state index < -0.39 is 267 Å². The number of ketones is 1. The number of primary amides is 1. The van der Waals surface area contributed by atoms with Gasteiger partial charge >= 0.3 is 29.8 Å². The summed E-state index contributed by atoms with van der Waals surface area (Å²) in [4.78, 5) is 293. The normalized spacial score (nSPS) is 20.4. The fraction of sp³-hybridized carbons (Fsp3) is 0.487. The molecule has 26 N–H and O–H groups in total. The van der Waals surface area contributed by atoms with E-state index in [-0.39, 0.29) is 48.3 Å². The summed E-state index contributed by atoms with van der Waals surface area (Å²) in [6, 6.07) is -6.57. The molecule has 5 rings (SSSR count). The van der Waals surface area contributed by atoms with Crippen LogP contribution in [0.15, 0.2) is 72.9 Å². The molecular weight excluding hydrogens is 1640 g/mol. The number of nitrogens with one attached hydrogen (secondary N) is 15. The highest BCUT2D eigenvalue weighted by Crippen LogP contribution is 2.22. The topological polar surface area (TPSA) is 731 Å². The van der Waals surface area contributed by atoms with Crippen LogP contribution in [-0.2, 0) is 102 Å². The van der Waals surface area contributed by atoms with Crippen molar-refractivity contribution in [1.29, 1.82) is 0 Å². The number of fused-ring (bicyclic) bond motifs is 1. The lowest BCUT2D eigenvalue weighted by molar-refractivity contribution is -0.156. The third kappa shape index (κ3) is 33.6. The second-order valence-corrected chi connectivity index (χ2v) is 29.8. The number of esters is 1. The average molecular weight is 1750 g/mol. The number of ether oxygens (including phenoxy) is 1. The zero-order valence-corrected chi connectivity index (χ0v) is 69.2. The van der Waals surface area contributed by atoms with Crippen LogP contribution in [0.5, 0.6) is 0 Å². The molecule has 3 aromatic carbocycles. The summed E-state index contributed by atoms with van der Waals surface area (Å²) in [5, 5.41) is 81.8. The van der Waals surface area contributed by atoms with Crippen LogP contribution in [0.3, 0.4) is 0 Å². The van der Waals surface area contributed by atoms with Gasteiger partial charge in [0.1, 0.15) is 72.6 Å². The number of cyclic esters (lactones) is 1. The Morgan fingerprint density at radius 3 is 1.71 bits per heavy atom. The first kappa shape index (κ1) is 101. The number of aliphatic hydroxyl groups excluding tert-OH is 1. The number of hydrogen-bond acceptors (Lipinski definition) is 25. The molecule has 0 aliphatic carbocycles. The second-order valence-electron chi connectivity index (χ2n) is 29.8. The van der Waals surface area contributed by atoms with Gasteiger partial charge in [0, 0.05) is 59.8 Å². The number of aromatic nitrogens is 1. The number of H-pyrrole nitrogens is 1. The fourth-order valence-corrected chi connectivity index (χ4v) is 12.9. The number of aliphatic hydroxyl groups is 1. The molecule has 125 heavy (non-hydrogen) atoms. The Kier molecular flexibility index (Phi) is 40.8. The van der Waals surface area contributed by atoms with Gasteiger partial charge in [0.15, 0.2) is 5.78 Å². The van der Waals surface area contributed by atoms with E-state index in [0.717, 1.165) is 52.9 Å². The van der Waals surface area contributed by atoms with E-state index in [1.807, 2.05) is 16.0 Å². The van der Waals surface area contributed by atoms with Crippen molar-refractivity contribution in [3.63, 3.8) is 0 Å². The van der Waals surface area contributed by atoms with Crippen LogP contribution in [0.1, 0.15) is 162 Å². The number of para-hydroxylation sites is 3. The Bertz CT molecular complexity index is 4630. The van der Waals surface area contributed by atoms with Crippen LogP contribution in [0, 0.1) is 12.8 Å². The monoisotopic (exact) mass is 1750 g/mol. The van der Waals surface area contributed by atoms with E-state index in [2.05, 4.69) is 70.4 Å². The third-order valence-corrected chi connectivity index (χ3v) is 19.7. The molecule has 0 unspecified atom stereocenters. The average Bonchev–Trinajstić information content (AvgIpc) is 1.45. The van der Waals surface area contributed by atoms with Gasteiger partial charge in [-0.25, -0.2) is 4.79 Å². The summed E-state index contributed by atoms with van der Waals surface area (Å²) >= 11 is 0. The summed E-state index contributed by atoms with van der Waals surface area (Å²) in [5.74, 6) is -31.0. The van der Waals surface area contributed by atoms with Crippen LogP contribution in [0.2, 0.25) is 0 Å². The Morgan fingerprint density at radius 2 is 1.09 bits per heavy atom. The minimum absolute atomic E-state index is 0.0294. The molecule has 1 saturated heterocycles. The largest absolute Gasteiger partial charge is 0.481 e. The van der Waals surface area contributed by atoms with E-state index in [4.69, 9.17) is 21.9 Å². The van der Waals surface area contributed by atoms with Gasteiger partial charge in [-0.2, -0.15) is 0 Å². The van der Waals surface area contributed by atoms with Crippen LogP contribution in [-0.4, -0.2) is 254 Å². The molecule has 45 nitrogen and oxygen atoms in total. The molecule has 1 aliphatic rings. The number of nitrogen functional groups attached to an aromatic ring is 2. The van der Waals surface area contributed by atoms with Crippen molar-refractivity contribution in [3.05, 3.63) is 95.2 Å². The zero-order valence-electron chi connectivity index (χ0n) is 69.2. The molecule has 1 aromatic heterocycles. The maximum absolute atomic E-state index is 15.0. The van der Waals surface area contributed by atoms with Crippen LogP contribution < -0.4 is 91.6 Å². The van der Waals surface area contributed by atoms with Gasteiger partial charge in [0.05, 0.1) is 57.4 Å². The van der Waals surface area contributed by atoms with Gasteiger partial charge in [-0.15, -0.1) is 0 Å². The highest BCUT2D eigenvalue weighted by atomic mass is 16.5. The number of amides is 15. The van der Waals surface area contributed by atoms with Crippen molar-refractivity contribution < 1.29 is 131 Å². The minimum atomic E-state index is -2.50. The van der Waals surface area contributed by atoms with Crippen molar-refractivity contribution in [2.45, 2.75) is 216 Å². The lowest BCUT2D eigenvalue weighted by Crippen LogP contribution is -2.62. The van der Waals surface area contributed by atoms with Crippen LogP contribution in [0.4, 0.5) is 11.4 Å². The molecule has 13 atom stereocenters. The molecule has 1 fully saturated rings. The van der Waals surface area contributed by atoms with Crippen LogP contribution >= 0.6 is 0 Å². The van der Waals surface area contributed by atoms with E-state index in [0.29, 0.717) is 34.9 Å². The standard InChI is InChI=1S/C80H108N18O27/c1-6-7-8-9-10-11-12-26-59(102)90-50(29-43-35-85-48-24-16-14-20-44(43)48)74(118)93-51(31-58(82)101)75(119)95-54(34-65(111)112)76(120)98-68-42(5)125-80(124)55(30-57(100)45-21-13-15-23-47(45)81)96-79(123)67(40(3)28-62(105)106)97-77(121)56(38-99)91-61(104)36-86-71(115)52(32-63(107)108)92-69(113)41(4)88-73(117)53(33-64(109)110)94-72(116)49(89-60(103)37-87-78(68)122)25-18-27-84-70(114)46-22-17-19-39(2)66(46)83/h13-17,19-24,35,40-42,49-56,67-68,85,99H,6-12,18,25-34,36-38,81,83H2,1-5H3,(H2,82,101)(H,84,114)(H,86,115)(H,87,122)(H,88,117)(H,89,103)(H,90,102)(H,91,104)(H,92,113)(H,93,118)(H,94,116)(H,95,119)(H,96,123)(H,97,121)(H,98,120)(H,105,106)(H,107,108)(H,109,110)(H,111,112)/t40-,41-,42-,49+,50+,51+,52+,53+,54+,55+,56-,67+,68+/m1/s1. The number of hydrogen-bond donors (Lipinski definition) is 23. The van der Waals surface area contributed by atoms with E-state index in [1.165, 1.54) is 36.4 Å². The lowest BCUT2D eigenvalue weighted by Gasteiger charge is -2.30. The smallest absolute Gasteiger partial charge is 0.329 e. The molecule has 15 amide bonds. The van der Waals surface area contributed by atoms with Gasteiger partial charge in [0.25, 0.3) is 5.91 Å². The van der Waals surface area contributed by atoms with E-state index in [1.54, 1.807) is 43.5 Å². The Labute approximate surface area is 715 Å². The highest BCUT2D eigenvalue weighted by Gasteiger charge is 2.41. The molecule has 2 heterocycles. The van der Waals surface area contributed by atoms with Gasteiger partial charge in [0.2, 0.25) is 82.7 Å². The number of carboxylic acids is 4. The number of aromatic amines is 1. The molecule has 0 radical (unpaired) electrons. The molecule has 0 spiro atoms. The number of rotatable bonds is 37. The molecule has 0 bridgehead atoms. The number of aliphatic carboxylic acids is 4. The Morgan fingerprint density at radius 1 is 0.536 bits per heavy atom. The molecule has 45 heteroatoms. The summed E-state index contributed by atoms with van der Waals surface area (Å²) in [7, 11) is 0. The van der Waals surface area contributed by atoms with Gasteiger partial charge in [-0.05, 0) is 81.3 Å². The van der Waals surface area contributed by atoms with Gasteiger partial charge < -0.3 is 127 Å². The number of benzene rings is 3. The molecule has 4 aromatic rings. The van der Waals surface area contributed by atoms with Crippen LogP contribution in [0.25, 0.3) is 10.9 Å². The maximum Gasteiger partial charge on any atom is 0.329 e. The van der Waals surface area contributed by atoms with Gasteiger partial charge in [-0.3, -0.25) is 95.9 Å². The first-order chi connectivity index (χ1) is 59.1. The number of unbranched alkanes of at least 4 members (excludes halogenated alkanes) is 6. The fourth-order valence-electron chi connectivity index (χ4n) is 12.9. The quantitative estimate of drug-likeness (QED) is 0.00880. The maximum atomic E-state index is 15.0. The summed E-state index contributed by atoms with van der Waals surface area (Å²) in [5.41, 5.74) is 19.2. The lowest BCUT2D eigenvalue weighted by atomic mass is 9.96. The SMILES string of the molecule is CCCCCCCCCC(=O)N[C@@H](Cc1c[nH]c2ccccc12)C(=O)N[C@@H](CC(N)=O)C(=O)N[C@@H](CC(=O)O)C(=O)N[C@@H]1C(=O)NCC(=O)N[C@@H](CCCNC(=O)c2cccc(C)c2N)C(=O)N[C@@H](CC(=O)O)C(=O)N[C@H](C)C(=O)N[C@@H](CC(=O)O)C(=O)NCC(=O)N[C@H](CO)C(=O)N[C@@H]([C@H](C)CC(=O)O)C(=O)N[C@@H](CC(=O)c2ccccc2N)C(=O)O[C@@H]1C. The molecule has 680 valence electrons. The summed E-state index contributed by atoms with van der Waals surface area (Å²) in [6.07, 6.45) is -2.97. The number of carbonyl (C=O) groups is 21.